The van der Waals surface area contributed by atoms with E-state index in [2.05, 4.69) is 32.4 Å². The van der Waals surface area contributed by atoms with Gasteiger partial charge in [-0.25, -0.2) is 0 Å². The normalized spacial score (nSPS) is 24.3. The summed E-state index contributed by atoms with van der Waals surface area (Å²) >= 11 is 0. The molecule has 3 rings (SSSR count). The van der Waals surface area contributed by atoms with E-state index in [-0.39, 0.29) is 5.95 Å². The fourth-order valence-corrected chi connectivity index (χ4v) is 2.18. The Labute approximate surface area is 92.7 Å². The van der Waals surface area contributed by atoms with Crippen molar-refractivity contribution < 1.29 is 0 Å². The minimum atomic E-state index is 0.270. The summed E-state index contributed by atoms with van der Waals surface area (Å²) in [7, 11) is 0. The molecule has 84 valence electrons. The summed E-state index contributed by atoms with van der Waals surface area (Å²) in [5, 5.41) is 11.0. The Morgan fingerprint density at radius 2 is 2.25 bits per heavy atom. The molecule has 1 fully saturated rings. The molecule has 0 aromatic carbocycles. The second-order valence-electron chi connectivity index (χ2n) is 4.48. The van der Waals surface area contributed by atoms with Gasteiger partial charge in [-0.15, -0.1) is 0 Å². The smallest absolute Gasteiger partial charge is 0.224 e. The lowest BCUT2D eigenvalue weighted by atomic mass is 9.82. The van der Waals surface area contributed by atoms with Crippen LogP contribution in [0, 0.1) is 5.92 Å². The van der Waals surface area contributed by atoms with E-state index in [1.54, 1.807) is 6.20 Å². The molecule has 4 N–H and O–H groups in total. The largest absolute Gasteiger partial charge is 0.368 e. The summed E-state index contributed by atoms with van der Waals surface area (Å²) in [6, 6.07) is 0.502. The number of H-pyrrole nitrogens is 1. The van der Waals surface area contributed by atoms with Crippen LogP contribution in [0.1, 0.15) is 19.8 Å². The van der Waals surface area contributed by atoms with Crippen LogP contribution in [0.25, 0.3) is 11.0 Å². The number of nitrogens with two attached hydrogens (primary N) is 1. The summed E-state index contributed by atoms with van der Waals surface area (Å²) in [5.41, 5.74) is 6.32. The first-order chi connectivity index (χ1) is 7.72. The van der Waals surface area contributed by atoms with Crippen LogP contribution < -0.4 is 11.1 Å². The summed E-state index contributed by atoms with van der Waals surface area (Å²) in [6.45, 7) is 2.25. The standard InChI is InChI=1S/C10H14N6/c1-5-2-6(3-5)13-8-7-4-12-16-9(7)15-10(11)14-8/h4-6H,2-3H2,1H3,(H4,11,12,13,14,15,16). The Kier molecular flexibility index (Phi) is 1.95. The zero-order valence-corrected chi connectivity index (χ0v) is 9.07. The van der Waals surface area contributed by atoms with Crippen LogP contribution in [0.5, 0.6) is 0 Å². The second kappa shape index (κ2) is 3.33. The topological polar surface area (TPSA) is 92.5 Å². The van der Waals surface area contributed by atoms with Crippen molar-refractivity contribution in [1.82, 2.24) is 20.2 Å². The van der Waals surface area contributed by atoms with Crippen molar-refractivity contribution in [3.05, 3.63) is 6.20 Å². The van der Waals surface area contributed by atoms with E-state index in [0.29, 0.717) is 11.7 Å². The van der Waals surface area contributed by atoms with Gasteiger partial charge in [0.25, 0.3) is 0 Å². The number of anilines is 2. The van der Waals surface area contributed by atoms with Crippen LogP contribution >= 0.6 is 0 Å². The molecule has 0 atom stereocenters. The van der Waals surface area contributed by atoms with Crippen molar-refractivity contribution in [2.24, 2.45) is 5.92 Å². The highest BCUT2D eigenvalue weighted by atomic mass is 15.2. The summed E-state index contributed by atoms with van der Waals surface area (Å²) in [6.07, 6.45) is 4.09. The Morgan fingerprint density at radius 1 is 1.44 bits per heavy atom. The first-order valence-electron chi connectivity index (χ1n) is 5.45. The van der Waals surface area contributed by atoms with Crippen molar-refractivity contribution >= 4 is 22.8 Å². The van der Waals surface area contributed by atoms with Crippen molar-refractivity contribution in [3.8, 4) is 0 Å². The van der Waals surface area contributed by atoms with Gasteiger partial charge in [-0.1, -0.05) is 6.92 Å². The van der Waals surface area contributed by atoms with Crippen LogP contribution in [0.15, 0.2) is 6.20 Å². The fraction of sp³-hybridized carbons (Fsp3) is 0.500. The lowest BCUT2D eigenvalue weighted by Crippen LogP contribution is -2.34. The number of rotatable bonds is 2. The predicted octanol–water partition coefficient (Wildman–Crippen LogP) is 1.15. The number of aromatic amines is 1. The predicted molar refractivity (Wildman–Crippen MR) is 61.9 cm³/mol. The number of hydrogen-bond donors (Lipinski definition) is 3. The minimum absolute atomic E-state index is 0.270. The summed E-state index contributed by atoms with van der Waals surface area (Å²) < 4.78 is 0. The monoisotopic (exact) mass is 218 g/mol. The van der Waals surface area contributed by atoms with Gasteiger partial charge in [-0.2, -0.15) is 15.1 Å². The molecule has 2 aromatic heterocycles. The third-order valence-electron chi connectivity index (χ3n) is 3.04. The number of nitrogen functional groups attached to an aromatic ring is 1. The number of hydrogen-bond acceptors (Lipinski definition) is 5. The molecule has 6 nitrogen and oxygen atoms in total. The van der Waals surface area contributed by atoms with Gasteiger partial charge in [-0.05, 0) is 18.8 Å². The van der Waals surface area contributed by atoms with E-state index < -0.39 is 0 Å². The van der Waals surface area contributed by atoms with Crippen LogP contribution in [0.2, 0.25) is 0 Å². The lowest BCUT2D eigenvalue weighted by molar-refractivity contribution is 0.309. The second-order valence-corrected chi connectivity index (χ2v) is 4.48. The molecule has 0 amide bonds. The summed E-state index contributed by atoms with van der Waals surface area (Å²) in [5.74, 6) is 1.86. The van der Waals surface area contributed by atoms with Crippen molar-refractivity contribution in [1.29, 1.82) is 0 Å². The molecule has 0 radical (unpaired) electrons. The maximum atomic E-state index is 5.64. The molecule has 16 heavy (non-hydrogen) atoms. The molecule has 1 aliphatic carbocycles. The molecule has 0 unspecified atom stereocenters. The van der Waals surface area contributed by atoms with Gasteiger partial charge in [0, 0.05) is 6.04 Å². The van der Waals surface area contributed by atoms with E-state index in [1.807, 2.05) is 0 Å². The Hall–Kier alpha value is -1.85. The van der Waals surface area contributed by atoms with Gasteiger partial charge < -0.3 is 11.1 Å². The van der Waals surface area contributed by atoms with Crippen LogP contribution in [-0.4, -0.2) is 26.2 Å². The first-order valence-corrected chi connectivity index (χ1v) is 5.45. The zero-order valence-electron chi connectivity index (χ0n) is 9.07. The maximum Gasteiger partial charge on any atom is 0.224 e. The van der Waals surface area contributed by atoms with Gasteiger partial charge >= 0.3 is 0 Å². The number of nitrogens with zero attached hydrogens (tertiary/aromatic N) is 3. The fourth-order valence-electron chi connectivity index (χ4n) is 2.18. The van der Waals surface area contributed by atoms with E-state index >= 15 is 0 Å². The van der Waals surface area contributed by atoms with Gasteiger partial charge in [0.05, 0.1) is 11.6 Å². The Bertz CT molecular complexity index is 513. The quantitative estimate of drug-likeness (QED) is 0.703. The Balaban J connectivity index is 1.92. The molecule has 2 aromatic rings. The molecule has 1 saturated carbocycles. The van der Waals surface area contributed by atoms with Crippen molar-refractivity contribution in [3.63, 3.8) is 0 Å². The molecule has 2 heterocycles. The van der Waals surface area contributed by atoms with Gasteiger partial charge in [0.2, 0.25) is 5.95 Å². The highest BCUT2D eigenvalue weighted by molar-refractivity contribution is 5.86. The molecule has 0 spiro atoms. The van der Waals surface area contributed by atoms with E-state index in [0.717, 1.165) is 17.1 Å². The van der Waals surface area contributed by atoms with E-state index in [1.165, 1.54) is 12.8 Å². The van der Waals surface area contributed by atoms with E-state index in [4.69, 9.17) is 5.73 Å². The first kappa shape index (κ1) is 9.38. The molecule has 0 bridgehead atoms. The highest BCUT2D eigenvalue weighted by Gasteiger charge is 2.26. The zero-order chi connectivity index (χ0) is 11.1. The Morgan fingerprint density at radius 3 is 3.00 bits per heavy atom. The number of fused-ring (bicyclic) bond motifs is 1. The molecule has 1 aliphatic rings. The lowest BCUT2D eigenvalue weighted by Gasteiger charge is -2.33. The van der Waals surface area contributed by atoms with Crippen LogP contribution in [0.3, 0.4) is 0 Å². The third-order valence-corrected chi connectivity index (χ3v) is 3.04. The van der Waals surface area contributed by atoms with Crippen LogP contribution in [-0.2, 0) is 0 Å². The van der Waals surface area contributed by atoms with Crippen molar-refractivity contribution in [2.75, 3.05) is 11.1 Å². The van der Waals surface area contributed by atoms with E-state index in [9.17, 15) is 0 Å². The third kappa shape index (κ3) is 1.46. The highest BCUT2D eigenvalue weighted by Crippen LogP contribution is 2.30. The van der Waals surface area contributed by atoms with Crippen LogP contribution in [0.4, 0.5) is 11.8 Å². The average Bonchev–Trinajstić information content (AvgIpc) is 2.62. The number of nitrogens with one attached hydrogen (secondary N) is 2. The van der Waals surface area contributed by atoms with Gasteiger partial charge in [-0.3, -0.25) is 5.10 Å². The average molecular weight is 218 g/mol. The number of aromatic nitrogens is 4. The van der Waals surface area contributed by atoms with Gasteiger partial charge in [0.15, 0.2) is 5.65 Å². The summed E-state index contributed by atoms with van der Waals surface area (Å²) in [4.78, 5) is 8.29. The molecule has 6 heteroatoms. The van der Waals surface area contributed by atoms with Crippen molar-refractivity contribution in [2.45, 2.75) is 25.8 Å². The minimum Gasteiger partial charge on any atom is -0.368 e. The SMILES string of the molecule is CC1CC(Nc2nc(N)nc3[nH]ncc23)C1. The molecule has 0 aliphatic heterocycles. The molecule has 0 saturated heterocycles. The van der Waals surface area contributed by atoms with Gasteiger partial charge in [0.1, 0.15) is 5.82 Å². The maximum absolute atomic E-state index is 5.64. The molecular weight excluding hydrogens is 204 g/mol. The molecular formula is C10H14N6.